The van der Waals surface area contributed by atoms with Crippen LogP contribution in [-0.4, -0.2) is 11.7 Å². The number of carbonyl (C=O) groups excluding carboxylic acids is 1. The first-order chi connectivity index (χ1) is 11.2. The summed E-state index contributed by atoms with van der Waals surface area (Å²) in [6.45, 7) is 0. The molecule has 0 aliphatic heterocycles. The SMILES string of the molecule is N#Cc1c(NC(=O)CCSc2ccccc2Cl)sc2c1CCC2. The molecule has 6 heteroatoms. The first kappa shape index (κ1) is 16.4. The molecule has 2 aromatic rings. The molecule has 1 heterocycles. The molecule has 0 spiro atoms. The summed E-state index contributed by atoms with van der Waals surface area (Å²) in [5.74, 6) is 0.601. The lowest BCUT2D eigenvalue weighted by Crippen LogP contribution is -2.12. The summed E-state index contributed by atoms with van der Waals surface area (Å²) >= 11 is 9.21. The van der Waals surface area contributed by atoms with E-state index in [1.807, 2.05) is 24.3 Å². The number of anilines is 1. The van der Waals surface area contributed by atoms with Gasteiger partial charge in [0.05, 0.1) is 10.6 Å². The molecule has 1 aromatic carbocycles. The molecule has 1 amide bonds. The van der Waals surface area contributed by atoms with Crippen molar-refractivity contribution in [3.63, 3.8) is 0 Å². The molecule has 3 nitrogen and oxygen atoms in total. The number of thioether (sulfide) groups is 1. The van der Waals surface area contributed by atoms with E-state index in [9.17, 15) is 10.1 Å². The third-order valence-electron chi connectivity index (χ3n) is 3.71. The number of fused-ring (bicyclic) bond motifs is 1. The minimum Gasteiger partial charge on any atom is -0.317 e. The fourth-order valence-electron chi connectivity index (χ4n) is 2.62. The maximum atomic E-state index is 12.1. The number of hydrogen-bond acceptors (Lipinski definition) is 4. The molecule has 0 unspecified atom stereocenters. The maximum absolute atomic E-state index is 12.1. The van der Waals surface area contributed by atoms with Gasteiger partial charge >= 0.3 is 0 Å². The van der Waals surface area contributed by atoms with E-state index in [-0.39, 0.29) is 5.91 Å². The second-order valence-corrected chi connectivity index (χ2v) is 7.90. The van der Waals surface area contributed by atoms with E-state index in [1.165, 1.54) is 4.88 Å². The second kappa shape index (κ2) is 7.39. The molecule has 118 valence electrons. The molecule has 0 saturated heterocycles. The van der Waals surface area contributed by atoms with E-state index in [4.69, 9.17) is 11.6 Å². The molecule has 0 radical (unpaired) electrons. The molecular weight excluding hydrogens is 348 g/mol. The number of amides is 1. The number of carbonyl (C=O) groups is 1. The van der Waals surface area contributed by atoms with Crippen LogP contribution in [0.5, 0.6) is 0 Å². The molecule has 1 aromatic heterocycles. The van der Waals surface area contributed by atoms with Crippen LogP contribution in [0.1, 0.15) is 28.8 Å². The number of hydrogen-bond donors (Lipinski definition) is 1. The summed E-state index contributed by atoms with van der Waals surface area (Å²) in [6.07, 6.45) is 3.47. The second-order valence-electron chi connectivity index (χ2n) is 5.25. The van der Waals surface area contributed by atoms with Gasteiger partial charge in [0, 0.05) is 21.9 Å². The minimum absolute atomic E-state index is 0.0547. The summed E-state index contributed by atoms with van der Waals surface area (Å²) in [5.41, 5.74) is 1.80. The molecule has 0 saturated carbocycles. The summed E-state index contributed by atoms with van der Waals surface area (Å²) in [6, 6.07) is 9.85. The number of nitrogens with zero attached hydrogens (tertiary/aromatic N) is 1. The van der Waals surface area contributed by atoms with Gasteiger partial charge in [0.25, 0.3) is 0 Å². The van der Waals surface area contributed by atoms with Gasteiger partial charge in [-0.2, -0.15) is 5.26 Å². The van der Waals surface area contributed by atoms with Crippen LogP contribution in [0.15, 0.2) is 29.2 Å². The van der Waals surface area contributed by atoms with Gasteiger partial charge in [-0.05, 0) is 37.0 Å². The van der Waals surface area contributed by atoms with Crippen LogP contribution >= 0.6 is 34.7 Å². The fraction of sp³-hybridized carbons (Fsp3) is 0.294. The summed E-state index contributed by atoms with van der Waals surface area (Å²) in [7, 11) is 0. The molecule has 0 atom stereocenters. The summed E-state index contributed by atoms with van der Waals surface area (Å²) in [4.78, 5) is 14.4. The Morgan fingerprint density at radius 3 is 3.00 bits per heavy atom. The highest BCUT2D eigenvalue weighted by molar-refractivity contribution is 7.99. The molecule has 1 aliphatic carbocycles. The van der Waals surface area contributed by atoms with Crippen LogP contribution in [0, 0.1) is 11.3 Å². The van der Waals surface area contributed by atoms with Crippen LogP contribution in [0.3, 0.4) is 0 Å². The Morgan fingerprint density at radius 2 is 2.22 bits per heavy atom. The number of nitriles is 1. The molecule has 23 heavy (non-hydrogen) atoms. The van der Waals surface area contributed by atoms with Crippen molar-refractivity contribution >= 4 is 45.6 Å². The topological polar surface area (TPSA) is 52.9 Å². The zero-order valence-corrected chi connectivity index (χ0v) is 14.8. The van der Waals surface area contributed by atoms with Gasteiger partial charge < -0.3 is 5.32 Å². The Bertz CT molecular complexity index is 779. The normalized spacial score (nSPS) is 12.7. The van der Waals surface area contributed by atoms with Crippen molar-refractivity contribution in [2.24, 2.45) is 0 Å². The predicted octanol–water partition coefficient (Wildman–Crippen LogP) is 4.88. The van der Waals surface area contributed by atoms with E-state index in [0.29, 0.717) is 27.8 Å². The van der Waals surface area contributed by atoms with Crippen molar-refractivity contribution in [1.82, 2.24) is 0 Å². The maximum Gasteiger partial charge on any atom is 0.225 e. The van der Waals surface area contributed by atoms with E-state index in [1.54, 1.807) is 23.1 Å². The van der Waals surface area contributed by atoms with Crippen molar-refractivity contribution in [3.05, 3.63) is 45.3 Å². The molecule has 3 rings (SSSR count). The summed E-state index contributed by atoms with van der Waals surface area (Å²) < 4.78 is 0. The van der Waals surface area contributed by atoms with Gasteiger partial charge in [0.15, 0.2) is 0 Å². The lowest BCUT2D eigenvalue weighted by molar-refractivity contribution is -0.115. The first-order valence-electron chi connectivity index (χ1n) is 7.41. The van der Waals surface area contributed by atoms with Crippen molar-refractivity contribution in [3.8, 4) is 6.07 Å². The fourth-order valence-corrected chi connectivity index (χ4v) is 5.06. The highest BCUT2D eigenvalue weighted by Gasteiger charge is 2.22. The number of rotatable bonds is 5. The Labute approximate surface area is 148 Å². The van der Waals surface area contributed by atoms with E-state index in [0.717, 1.165) is 29.7 Å². The predicted molar refractivity (Wildman–Crippen MR) is 96.5 cm³/mol. The van der Waals surface area contributed by atoms with Gasteiger partial charge in [-0.15, -0.1) is 23.1 Å². The highest BCUT2D eigenvalue weighted by Crippen LogP contribution is 2.38. The lowest BCUT2D eigenvalue weighted by atomic mass is 10.1. The number of thiophene rings is 1. The monoisotopic (exact) mass is 362 g/mol. The average molecular weight is 363 g/mol. The standard InChI is InChI=1S/C17H15ClN2OS2/c18-13-5-1-2-6-15(13)22-9-8-16(21)20-17-12(10-19)11-4-3-7-14(11)23-17/h1-2,5-6H,3-4,7-9H2,(H,20,21). The minimum atomic E-state index is -0.0547. The van der Waals surface area contributed by atoms with Crippen molar-refractivity contribution in [2.75, 3.05) is 11.1 Å². The zero-order chi connectivity index (χ0) is 16.2. The van der Waals surface area contributed by atoms with Gasteiger partial charge in [0.2, 0.25) is 5.91 Å². The number of benzene rings is 1. The van der Waals surface area contributed by atoms with Crippen LogP contribution in [-0.2, 0) is 17.6 Å². The van der Waals surface area contributed by atoms with Crippen LogP contribution in [0.2, 0.25) is 5.02 Å². The van der Waals surface area contributed by atoms with E-state index < -0.39 is 0 Å². The lowest BCUT2D eigenvalue weighted by Gasteiger charge is -2.05. The van der Waals surface area contributed by atoms with Crippen molar-refractivity contribution in [1.29, 1.82) is 5.26 Å². The first-order valence-corrected chi connectivity index (χ1v) is 9.59. The number of nitrogens with one attached hydrogen (secondary N) is 1. The number of aryl methyl sites for hydroxylation is 1. The molecule has 1 aliphatic rings. The molecular formula is C17H15ClN2OS2. The highest BCUT2D eigenvalue weighted by atomic mass is 35.5. The molecule has 0 fully saturated rings. The van der Waals surface area contributed by atoms with Gasteiger partial charge in [-0.25, -0.2) is 0 Å². The smallest absolute Gasteiger partial charge is 0.225 e. The van der Waals surface area contributed by atoms with Crippen LogP contribution in [0.25, 0.3) is 0 Å². The number of halogens is 1. The quantitative estimate of drug-likeness (QED) is 0.771. The summed E-state index contributed by atoms with van der Waals surface area (Å²) in [5, 5.41) is 13.6. The van der Waals surface area contributed by atoms with Crippen molar-refractivity contribution in [2.45, 2.75) is 30.6 Å². The molecule has 1 N–H and O–H groups in total. The van der Waals surface area contributed by atoms with Crippen LogP contribution in [0.4, 0.5) is 5.00 Å². The Kier molecular flexibility index (Phi) is 5.27. The third-order valence-corrected chi connectivity index (χ3v) is 6.43. The Hall–Kier alpha value is -1.48. The van der Waals surface area contributed by atoms with Gasteiger partial charge in [-0.1, -0.05) is 23.7 Å². The van der Waals surface area contributed by atoms with E-state index in [2.05, 4.69) is 11.4 Å². The van der Waals surface area contributed by atoms with Gasteiger partial charge in [-0.3, -0.25) is 4.79 Å². The van der Waals surface area contributed by atoms with Gasteiger partial charge in [0.1, 0.15) is 11.1 Å². The molecule has 0 bridgehead atoms. The van der Waals surface area contributed by atoms with Crippen LogP contribution < -0.4 is 5.32 Å². The third kappa shape index (κ3) is 3.72. The Morgan fingerprint density at radius 1 is 1.39 bits per heavy atom. The van der Waals surface area contributed by atoms with E-state index >= 15 is 0 Å². The zero-order valence-electron chi connectivity index (χ0n) is 12.4. The largest absolute Gasteiger partial charge is 0.317 e. The van der Waals surface area contributed by atoms with Crippen molar-refractivity contribution < 1.29 is 4.79 Å². The Balaban J connectivity index is 1.56. The average Bonchev–Trinajstić information content (AvgIpc) is 3.09.